The first kappa shape index (κ1) is 17.4. The van der Waals surface area contributed by atoms with Crippen molar-refractivity contribution in [2.75, 3.05) is 6.26 Å². The zero-order chi connectivity index (χ0) is 20.0. The molecule has 0 fully saturated rings. The Hall–Kier alpha value is -3.66. The van der Waals surface area contributed by atoms with Crippen LogP contribution in [0.5, 0.6) is 0 Å². The van der Waals surface area contributed by atoms with Gasteiger partial charge in [-0.25, -0.2) is 8.42 Å². The molecule has 0 saturated carbocycles. The number of hydrogen-bond donors (Lipinski definition) is 0. The molecular weight excluding hydrogens is 390 g/mol. The first-order valence-electron chi connectivity index (χ1n) is 8.78. The smallest absolute Gasteiger partial charge is 0.250 e. The third kappa shape index (κ3) is 3.23. The maximum absolute atomic E-state index is 11.6. The molecule has 5 aromatic rings. The highest BCUT2D eigenvalue weighted by atomic mass is 32.2. The van der Waals surface area contributed by atoms with Gasteiger partial charge in [-0.2, -0.15) is 18.8 Å². The highest BCUT2D eigenvalue weighted by Gasteiger charge is 2.13. The molecule has 0 N–H and O–H groups in total. The van der Waals surface area contributed by atoms with Gasteiger partial charge in [-0.1, -0.05) is 12.1 Å². The minimum atomic E-state index is -3.45. The first-order valence-corrected chi connectivity index (χ1v) is 10.6. The third-order valence-corrected chi connectivity index (χ3v) is 5.43. The Morgan fingerprint density at radius 2 is 1.97 bits per heavy atom. The number of aromatic nitrogens is 7. The van der Waals surface area contributed by atoms with E-state index >= 15 is 0 Å². The van der Waals surface area contributed by atoms with Crippen LogP contribution in [-0.2, 0) is 16.4 Å². The SMILES string of the molecule is CS(=O)(=O)n1cc(-c2ccc3nnc(Cc4ccc5ncccc5c4)n3n2)cn1. The van der Waals surface area contributed by atoms with Gasteiger partial charge in [0.1, 0.15) is 0 Å². The number of nitrogens with zero attached hydrogens (tertiary/aromatic N) is 7. The van der Waals surface area contributed by atoms with E-state index in [1.165, 1.54) is 12.4 Å². The molecule has 0 bridgehead atoms. The number of pyridine rings is 1. The maximum Gasteiger partial charge on any atom is 0.250 e. The molecule has 10 heteroatoms. The second kappa shape index (κ2) is 6.45. The van der Waals surface area contributed by atoms with Crippen LogP contribution in [0, 0.1) is 0 Å². The van der Waals surface area contributed by atoms with Crippen molar-refractivity contribution in [2.24, 2.45) is 0 Å². The summed E-state index contributed by atoms with van der Waals surface area (Å²) in [4.78, 5) is 4.34. The summed E-state index contributed by atoms with van der Waals surface area (Å²) < 4.78 is 25.9. The van der Waals surface area contributed by atoms with Crippen LogP contribution in [-0.4, -0.2) is 48.7 Å². The van der Waals surface area contributed by atoms with Gasteiger partial charge in [0.2, 0.25) is 0 Å². The minimum absolute atomic E-state index is 0.547. The van der Waals surface area contributed by atoms with Crippen LogP contribution in [0.4, 0.5) is 0 Å². The van der Waals surface area contributed by atoms with Gasteiger partial charge in [-0.05, 0) is 35.9 Å². The van der Waals surface area contributed by atoms with E-state index in [0.29, 0.717) is 29.1 Å². The number of fused-ring (bicyclic) bond motifs is 2. The summed E-state index contributed by atoms with van der Waals surface area (Å²) in [6, 6.07) is 13.5. The van der Waals surface area contributed by atoms with Gasteiger partial charge in [-0.3, -0.25) is 4.98 Å². The average molecular weight is 405 g/mol. The van der Waals surface area contributed by atoms with E-state index in [1.54, 1.807) is 22.8 Å². The molecule has 144 valence electrons. The Morgan fingerprint density at radius 1 is 1.07 bits per heavy atom. The van der Waals surface area contributed by atoms with Crippen LogP contribution >= 0.6 is 0 Å². The molecule has 0 aliphatic carbocycles. The summed E-state index contributed by atoms with van der Waals surface area (Å²) in [6.07, 6.45) is 6.31. The molecule has 0 saturated heterocycles. The van der Waals surface area contributed by atoms with Crippen molar-refractivity contribution < 1.29 is 8.42 Å². The van der Waals surface area contributed by atoms with Gasteiger partial charge in [0, 0.05) is 23.6 Å². The molecule has 5 rings (SSSR count). The van der Waals surface area contributed by atoms with Gasteiger partial charge in [0.15, 0.2) is 11.5 Å². The fourth-order valence-corrected chi connectivity index (χ4v) is 3.66. The van der Waals surface area contributed by atoms with Gasteiger partial charge in [0.05, 0.1) is 29.9 Å². The Kier molecular flexibility index (Phi) is 3.88. The third-order valence-electron chi connectivity index (χ3n) is 4.55. The van der Waals surface area contributed by atoms with Crippen molar-refractivity contribution in [3.63, 3.8) is 0 Å². The van der Waals surface area contributed by atoms with Gasteiger partial charge in [-0.15, -0.1) is 10.2 Å². The van der Waals surface area contributed by atoms with E-state index in [2.05, 4.69) is 31.4 Å². The minimum Gasteiger partial charge on any atom is -0.256 e. The first-order chi connectivity index (χ1) is 14.0. The molecule has 0 aliphatic rings. The van der Waals surface area contributed by atoms with E-state index in [1.807, 2.05) is 24.3 Å². The standard InChI is InChI=1S/C19H15N7O2S/c1-29(27,28)25-12-15(11-21-25)17-6-7-18-22-23-19(26(18)24-17)10-13-4-5-16-14(9-13)3-2-8-20-16/h2-9,11-12H,10H2,1H3. The predicted molar refractivity (Wildman–Crippen MR) is 107 cm³/mol. The zero-order valence-corrected chi connectivity index (χ0v) is 16.2. The lowest BCUT2D eigenvalue weighted by Crippen LogP contribution is -2.09. The lowest BCUT2D eigenvalue weighted by molar-refractivity contribution is 0.586. The molecule has 4 heterocycles. The lowest BCUT2D eigenvalue weighted by Gasteiger charge is -2.03. The van der Waals surface area contributed by atoms with E-state index in [9.17, 15) is 8.42 Å². The predicted octanol–water partition coefficient (Wildman–Crippen LogP) is 1.93. The Labute approximate surface area is 165 Å². The van der Waals surface area contributed by atoms with Crippen LogP contribution in [0.1, 0.15) is 11.4 Å². The Balaban J connectivity index is 1.53. The van der Waals surface area contributed by atoms with Gasteiger partial charge in [0.25, 0.3) is 10.0 Å². The molecule has 0 amide bonds. The Bertz CT molecular complexity index is 1470. The van der Waals surface area contributed by atoms with E-state index in [0.717, 1.165) is 26.8 Å². The van der Waals surface area contributed by atoms with Crippen LogP contribution in [0.3, 0.4) is 0 Å². The molecule has 0 aliphatic heterocycles. The van der Waals surface area contributed by atoms with E-state index < -0.39 is 10.0 Å². The molecule has 0 spiro atoms. The number of hydrogen-bond acceptors (Lipinski definition) is 7. The second-order valence-electron chi connectivity index (χ2n) is 6.68. The topological polar surface area (TPSA) is 108 Å². The molecule has 1 aromatic carbocycles. The largest absolute Gasteiger partial charge is 0.256 e. The van der Waals surface area contributed by atoms with Gasteiger partial charge >= 0.3 is 0 Å². The molecule has 0 radical (unpaired) electrons. The summed E-state index contributed by atoms with van der Waals surface area (Å²) in [6.45, 7) is 0. The number of benzene rings is 1. The van der Waals surface area contributed by atoms with Crippen molar-refractivity contribution in [2.45, 2.75) is 6.42 Å². The summed E-state index contributed by atoms with van der Waals surface area (Å²) in [5.41, 5.74) is 3.79. The molecule has 0 unspecified atom stereocenters. The maximum atomic E-state index is 11.6. The van der Waals surface area contributed by atoms with Crippen molar-refractivity contribution in [1.29, 1.82) is 0 Å². The lowest BCUT2D eigenvalue weighted by atomic mass is 10.1. The fraction of sp³-hybridized carbons (Fsp3) is 0.105. The normalized spacial score (nSPS) is 12.0. The second-order valence-corrected chi connectivity index (χ2v) is 8.52. The van der Waals surface area contributed by atoms with E-state index in [-0.39, 0.29) is 0 Å². The quantitative estimate of drug-likeness (QED) is 0.449. The van der Waals surface area contributed by atoms with Crippen LogP contribution in [0.25, 0.3) is 27.8 Å². The monoisotopic (exact) mass is 405 g/mol. The molecule has 0 atom stereocenters. The van der Waals surface area contributed by atoms with Crippen molar-refractivity contribution in [3.05, 3.63) is 72.4 Å². The molecule has 9 nitrogen and oxygen atoms in total. The molecule has 29 heavy (non-hydrogen) atoms. The zero-order valence-electron chi connectivity index (χ0n) is 15.3. The van der Waals surface area contributed by atoms with Gasteiger partial charge < -0.3 is 0 Å². The van der Waals surface area contributed by atoms with Crippen LogP contribution in [0.15, 0.2) is 61.1 Å². The highest BCUT2D eigenvalue weighted by Crippen LogP contribution is 2.19. The fourth-order valence-electron chi connectivity index (χ4n) is 3.13. The molecular formula is C19H15N7O2S. The Morgan fingerprint density at radius 3 is 2.79 bits per heavy atom. The summed E-state index contributed by atoms with van der Waals surface area (Å²) >= 11 is 0. The van der Waals surface area contributed by atoms with Crippen molar-refractivity contribution >= 4 is 26.6 Å². The number of rotatable bonds is 4. The van der Waals surface area contributed by atoms with E-state index in [4.69, 9.17) is 0 Å². The van der Waals surface area contributed by atoms with Crippen molar-refractivity contribution in [3.8, 4) is 11.3 Å². The van der Waals surface area contributed by atoms with Crippen molar-refractivity contribution in [1.82, 2.24) is 34.0 Å². The highest BCUT2D eigenvalue weighted by molar-refractivity contribution is 7.89. The van der Waals surface area contributed by atoms with Crippen LogP contribution in [0.2, 0.25) is 0 Å². The van der Waals surface area contributed by atoms with Crippen LogP contribution < -0.4 is 0 Å². The average Bonchev–Trinajstić information content (AvgIpc) is 3.35. The molecule has 4 aromatic heterocycles. The summed E-state index contributed by atoms with van der Waals surface area (Å²) in [7, 11) is -3.45. The summed E-state index contributed by atoms with van der Waals surface area (Å²) in [5.74, 6) is 0.681. The summed E-state index contributed by atoms with van der Waals surface area (Å²) in [5, 5.41) is 18.0.